The minimum atomic E-state index is -0.406. The molecule has 1 N–H and O–H groups in total. The first kappa shape index (κ1) is 15.6. The molecular formula is C18H24N2OS. The van der Waals surface area contributed by atoms with E-state index in [4.69, 9.17) is 0 Å². The van der Waals surface area contributed by atoms with E-state index < -0.39 is 6.10 Å². The first-order chi connectivity index (χ1) is 10.8. The third kappa shape index (κ3) is 4.37. The van der Waals surface area contributed by atoms with E-state index in [0.29, 0.717) is 6.42 Å². The Balaban J connectivity index is 1.51. The number of imidazole rings is 1. The topological polar surface area (TPSA) is 38.0 Å². The fourth-order valence-corrected chi connectivity index (χ4v) is 4.25. The molecule has 0 saturated heterocycles. The minimum absolute atomic E-state index is 0.406. The molecule has 2 aromatic rings. The number of nitrogens with zero attached hydrogens (tertiary/aromatic N) is 2. The van der Waals surface area contributed by atoms with Crippen molar-refractivity contribution in [3.8, 4) is 0 Å². The summed E-state index contributed by atoms with van der Waals surface area (Å²) < 4.78 is 2.00. The molecule has 1 heterocycles. The van der Waals surface area contributed by atoms with Gasteiger partial charge >= 0.3 is 0 Å². The summed E-state index contributed by atoms with van der Waals surface area (Å²) in [5, 5.41) is 11.1. The minimum Gasteiger partial charge on any atom is -0.388 e. The molecule has 0 spiro atoms. The van der Waals surface area contributed by atoms with E-state index in [-0.39, 0.29) is 0 Å². The molecule has 118 valence electrons. The molecule has 0 radical (unpaired) electrons. The second kappa shape index (κ2) is 7.84. The molecule has 1 fully saturated rings. The lowest BCUT2D eigenvalue weighted by Crippen LogP contribution is -2.07. The molecule has 0 amide bonds. The van der Waals surface area contributed by atoms with Crippen LogP contribution in [0.1, 0.15) is 50.2 Å². The smallest absolute Gasteiger partial charge is 0.0945 e. The Morgan fingerprint density at radius 2 is 1.95 bits per heavy atom. The predicted octanol–water partition coefficient (Wildman–Crippen LogP) is 4.43. The first-order valence-corrected chi connectivity index (χ1v) is 9.09. The molecule has 3 nitrogen and oxygen atoms in total. The van der Waals surface area contributed by atoms with Gasteiger partial charge in [-0.05, 0) is 37.0 Å². The van der Waals surface area contributed by atoms with Crippen LogP contribution in [0.5, 0.6) is 0 Å². The number of aliphatic hydroxyl groups excluding tert-OH is 1. The lowest BCUT2D eigenvalue weighted by atomic mass is 10.0. The van der Waals surface area contributed by atoms with Gasteiger partial charge in [0, 0.05) is 29.1 Å². The third-order valence-electron chi connectivity index (χ3n) is 4.34. The fraction of sp³-hybridized carbons (Fsp3) is 0.500. The van der Waals surface area contributed by atoms with Gasteiger partial charge in [0.2, 0.25) is 0 Å². The van der Waals surface area contributed by atoms with Gasteiger partial charge in [-0.3, -0.25) is 0 Å². The summed E-state index contributed by atoms with van der Waals surface area (Å²) in [5.74, 6) is 0. The lowest BCUT2D eigenvalue weighted by molar-refractivity contribution is 0.161. The van der Waals surface area contributed by atoms with Gasteiger partial charge in [0.05, 0.1) is 12.4 Å². The van der Waals surface area contributed by atoms with Crippen molar-refractivity contribution in [1.29, 1.82) is 0 Å². The van der Waals surface area contributed by atoms with Gasteiger partial charge in [-0.25, -0.2) is 4.98 Å². The summed E-state index contributed by atoms with van der Waals surface area (Å²) in [6.45, 7) is 0.791. The molecule has 1 aromatic carbocycles. The van der Waals surface area contributed by atoms with Crippen molar-refractivity contribution in [2.24, 2.45) is 0 Å². The molecule has 0 aliphatic heterocycles. The van der Waals surface area contributed by atoms with Gasteiger partial charge < -0.3 is 9.67 Å². The molecular weight excluding hydrogens is 292 g/mol. The highest BCUT2D eigenvalue weighted by molar-refractivity contribution is 8.00. The number of aryl methyl sites for hydroxylation is 1. The number of rotatable bonds is 6. The van der Waals surface area contributed by atoms with Gasteiger partial charge in [0.1, 0.15) is 0 Å². The number of aromatic nitrogens is 2. The monoisotopic (exact) mass is 316 g/mol. The zero-order valence-electron chi connectivity index (χ0n) is 12.9. The fourth-order valence-electron chi connectivity index (χ4n) is 3.00. The van der Waals surface area contributed by atoms with E-state index in [2.05, 4.69) is 29.2 Å². The van der Waals surface area contributed by atoms with Crippen LogP contribution < -0.4 is 0 Å². The zero-order valence-corrected chi connectivity index (χ0v) is 13.7. The molecule has 1 unspecified atom stereocenters. The molecule has 22 heavy (non-hydrogen) atoms. The van der Waals surface area contributed by atoms with E-state index in [0.717, 1.165) is 17.4 Å². The Hall–Kier alpha value is -1.26. The number of thioether (sulfide) groups is 1. The van der Waals surface area contributed by atoms with Gasteiger partial charge in [0.15, 0.2) is 0 Å². The van der Waals surface area contributed by atoms with Crippen LogP contribution in [0.25, 0.3) is 0 Å². The second-order valence-electron chi connectivity index (χ2n) is 6.05. The molecule has 1 aliphatic rings. The Bertz CT molecular complexity index is 547. The number of aliphatic hydroxyl groups is 1. The highest BCUT2D eigenvalue weighted by Gasteiger charge is 2.15. The van der Waals surface area contributed by atoms with Gasteiger partial charge in [-0.2, -0.15) is 0 Å². The van der Waals surface area contributed by atoms with E-state index in [1.165, 1.54) is 37.0 Å². The standard InChI is InChI=1S/C18H24N2OS/c21-18(10-12-20-13-11-19-14-20)15-6-8-17(9-7-15)22-16-4-2-1-3-5-16/h6-9,11,13-14,16,18,21H,1-5,10,12H2. The van der Waals surface area contributed by atoms with Crippen molar-refractivity contribution in [2.45, 2.75) is 61.3 Å². The summed E-state index contributed by atoms with van der Waals surface area (Å²) in [6.07, 6.45) is 12.6. The van der Waals surface area contributed by atoms with E-state index in [1.807, 2.05) is 22.5 Å². The van der Waals surface area contributed by atoms with Crippen molar-refractivity contribution in [3.63, 3.8) is 0 Å². The van der Waals surface area contributed by atoms with Crippen LogP contribution in [-0.4, -0.2) is 19.9 Å². The van der Waals surface area contributed by atoms with Crippen molar-refractivity contribution >= 4 is 11.8 Å². The average molecular weight is 316 g/mol. The molecule has 1 aliphatic carbocycles. The maximum absolute atomic E-state index is 10.3. The van der Waals surface area contributed by atoms with Gasteiger partial charge in [0.25, 0.3) is 0 Å². The van der Waals surface area contributed by atoms with Crippen LogP contribution >= 0.6 is 11.8 Å². The zero-order chi connectivity index (χ0) is 15.2. The summed E-state index contributed by atoms with van der Waals surface area (Å²) in [6, 6.07) is 8.47. The number of hydrogen-bond acceptors (Lipinski definition) is 3. The normalized spacial score (nSPS) is 17.5. The van der Waals surface area contributed by atoms with Crippen molar-refractivity contribution in [1.82, 2.24) is 9.55 Å². The summed E-state index contributed by atoms with van der Waals surface area (Å²) in [5.41, 5.74) is 1.01. The Morgan fingerprint density at radius 1 is 1.18 bits per heavy atom. The summed E-state index contributed by atoms with van der Waals surface area (Å²) in [4.78, 5) is 5.35. The maximum atomic E-state index is 10.3. The predicted molar refractivity (Wildman–Crippen MR) is 91.0 cm³/mol. The second-order valence-corrected chi connectivity index (χ2v) is 7.43. The van der Waals surface area contributed by atoms with Crippen molar-refractivity contribution < 1.29 is 5.11 Å². The first-order valence-electron chi connectivity index (χ1n) is 8.22. The lowest BCUT2D eigenvalue weighted by Gasteiger charge is -2.21. The molecule has 3 rings (SSSR count). The quantitative estimate of drug-likeness (QED) is 0.856. The number of hydrogen-bond donors (Lipinski definition) is 1. The van der Waals surface area contributed by atoms with Crippen LogP contribution in [0, 0.1) is 0 Å². The van der Waals surface area contributed by atoms with E-state index in [1.54, 1.807) is 12.5 Å². The SMILES string of the molecule is OC(CCn1ccnc1)c1ccc(SC2CCCCC2)cc1. The molecule has 4 heteroatoms. The van der Waals surface area contributed by atoms with Gasteiger partial charge in [-0.15, -0.1) is 11.8 Å². The Labute approximate surface area is 136 Å². The van der Waals surface area contributed by atoms with Crippen LogP contribution in [-0.2, 0) is 6.54 Å². The summed E-state index contributed by atoms with van der Waals surface area (Å²) >= 11 is 2.00. The Kier molecular flexibility index (Phi) is 5.57. The number of benzene rings is 1. The molecule has 1 saturated carbocycles. The highest BCUT2D eigenvalue weighted by Crippen LogP contribution is 2.34. The molecule has 1 atom stereocenters. The van der Waals surface area contributed by atoms with Crippen LogP contribution in [0.15, 0.2) is 47.9 Å². The van der Waals surface area contributed by atoms with Crippen molar-refractivity contribution in [2.75, 3.05) is 0 Å². The maximum Gasteiger partial charge on any atom is 0.0945 e. The Morgan fingerprint density at radius 3 is 2.64 bits per heavy atom. The summed E-state index contributed by atoms with van der Waals surface area (Å²) in [7, 11) is 0. The van der Waals surface area contributed by atoms with Crippen LogP contribution in [0.2, 0.25) is 0 Å². The molecule has 0 bridgehead atoms. The van der Waals surface area contributed by atoms with Crippen LogP contribution in [0.4, 0.5) is 0 Å². The van der Waals surface area contributed by atoms with Crippen molar-refractivity contribution in [3.05, 3.63) is 48.5 Å². The van der Waals surface area contributed by atoms with E-state index >= 15 is 0 Å². The molecule has 1 aromatic heterocycles. The highest BCUT2D eigenvalue weighted by atomic mass is 32.2. The van der Waals surface area contributed by atoms with E-state index in [9.17, 15) is 5.11 Å². The van der Waals surface area contributed by atoms with Gasteiger partial charge in [-0.1, -0.05) is 31.4 Å². The van der Waals surface area contributed by atoms with Crippen LogP contribution in [0.3, 0.4) is 0 Å². The largest absolute Gasteiger partial charge is 0.388 e. The third-order valence-corrected chi connectivity index (χ3v) is 5.69. The average Bonchev–Trinajstić information content (AvgIpc) is 3.08.